The molecule has 1 unspecified atom stereocenters. The number of anilines is 1. The molecule has 0 fully saturated rings. The molecule has 0 spiro atoms. The van der Waals surface area contributed by atoms with Gasteiger partial charge in [0.15, 0.2) is 5.69 Å². The predicted octanol–water partition coefficient (Wildman–Crippen LogP) is 2.12. The van der Waals surface area contributed by atoms with Crippen molar-refractivity contribution in [3.05, 3.63) is 47.8 Å². The van der Waals surface area contributed by atoms with Crippen LogP contribution in [0.2, 0.25) is 0 Å². The van der Waals surface area contributed by atoms with Crippen LogP contribution < -0.4 is 4.90 Å². The van der Waals surface area contributed by atoms with E-state index in [0.29, 0.717) is 6.54 Å². The maximum Gasteiger partial charge on any atom is 0.356 e. The van der Waals surface area contributed by atoms with E-state index in [2.05, 4.69) is 5.10 Å². The molecule has 1 atom stereocenters. The number of benzene rings is 1. The number of aromatic nitrogens is 2. The van der Waals surface area contributed by atoms with Gasteiger partial charge in [-0.2, -0.15) is 5.10 Å². The number of para-hydroxylation sites is 1. The zero-order chi connectivity index (χ0) is 15.7. The van der Waals surface area contributed by atoms with E-state index in [1.165, 1.54) is 22.5 Å². The molecule has 1 aromatic carbocycles. The highest BCUT2D eigenvalue weighted by Crippen LogP contribution is 2.28. The van der Waals surface area contributed by atoms with Gasteiger partial charge < -0.3 is 10.0 Å². The molecule has 6 heteroatoms. The number of hydrogen-bond acceptors (Lipinski definition) is 3. The molecule has 1 aliphatic rings. The number of rotatable bonds is 3. The summed E-state index contributed by atoms with van der Waals surface area (Å²) in [5, 5.41) is 12.9. The second-order valence-corrected chi connectivity index (χ2v) is 5.38. The third-order valence-corrected chi connectivity index (χ3v) is 3.96. The zero-order valence-corrected chi connectivity index (χ0v) is 12.3. The van der Waals surface area contributed by atoms with Crippen molar-refractivity contribution in [2.24, 2.45) is 0 Å². The quantitative estimate of drug-likeness (QED) is 0.942. The van der Waals surface area contributed by atoms with E-state index < -0.39 is 12.0 Å². The lowest BCUT2D eigenvalue weighted by molar-refractivity contribution is -0.121. The largest absolute Gasteiger partial charge is 0.476 e. The van der Waals surface area contributed by atoms with Gasteiger partial charge in [-0.15, -0.1) is 0 Å². The summed E-state index contributed by atoms with van der Waals surface area (Å²) in [5.74, 6) is -1.17. The summed E-state index contributed by atoms with van der Waals surface area (Å²) in [5.41, 5.74) is 2.05. The molecule has 1 amide bonds. The van der Waals surface area contributed by atoms with Crippen LogP contribution in [0.4, 0.5) is 5.69 Å². The van der Waals surface area contributed by atoms with Crippen LogP contribution in [0.5, 0.6) is 0 Å². The Balaban J connectivity index is 1.86. The highest BCUT2D eigenvalue weighted by molar-refractivity contribution is 5.97. The molecule has 3 rings (SSSR count). The van der Waals surface area contributed by atoms with Gasteiger partial charge in [0.25, 0.3) is 5.91 Å². The van der Waals surface area contributed by atoms with Gasteiger partial charge >= 0.3 is 5.97 Å². The fraction of sp³-hybridized carbons (Fsp3) is 0.312. The fourth-order valence-corrected chi connectivity index (χ4v) is 2.77. The number of carboxylic acids is 1. The SMILES string of the molecule is CC(C(=O)N1CCCc2ccccc21)n1ccc(C(=O)O)n1. The van der Waals surface area contributed by atoms with Crippen LogP contribution in [0.3, 0.4) is 0 Å². The first-order chi connectivity index (χ1) is 10.6. The number of hydrogen-bond donors (Lipinski definition) is 1. The Morgan fingerprint density at radius 2 is 2.05 bits per heavy atom. The molecule has 2 heterocycles. The fourth-order valence-electron chi connectivity index (χ4n) is 2.77. The molecule has 0 radical (unpaired) electrons. The van der Waals surface area contributed by atoms with Crippen molar-refractivity contribution in [3.63, 3.8) is 0 Å². The second kappa shape index (κ2) is 5.63. The molecule has 22 heavy (non-hydrogen) atoms. The first kappa shape index (κ1) is 14.3. The summed E-state index contributed by atoms with van der Waals surface area (Å²) >= 11 is 0. The molecule has 0 saturated carbocycles. The van der Waals surface area contributed by atoms with Crippen LogP contribution in [0.1, 0.15) is 35.4 Å². The Labute approximate surface area is 128 Å². The molecule has 0 bridgehead atoms. The number of amides is 1. The van der Waals surface area contributed by atoms with Gasteiger partial charge in [0.05, 0.1) is 0 Å². The Morgan fingerprint density at radius 1 is 1.27 bits per heavy atom. The summed E-state index contributed by atoms with van der Waals surface area (Å²) in [6.45, 7) is 2.41. The zero-order valence-electron chi connectivity index (χ0n) is 12.3. The average molecular weight is 299 g/mol. The summed E-state index contributed by atoms with van der Waals surface area (Å²) in [7, 11) is 0. The number of aryl methyl sites for hydroxylation is 1. The van der Waals surface area contributed by atoms with Gasteiger partial charge in [0.1, 0.15) is 6.04 Å². The number of nitrogens with zero attached hydrogens (tertiary/aromatic N) is 3. The summed E-state index contributed by atoms with van der Waals surface area (Å²) < 4.78 is 1.41. The second-order valence-electron chi connectivity index (χ2n) is 5.38. The molecule has 0 aliphatic carbocycles. The molecule has 0 saturated heterocycles. The van der Waals surface area contributed by atoms with Gasteiger partial charge in [-0.3, -0.25) is 9.48 Å². The van der Waals surface area contributed by atoms with Crippen LogP contribution in [-0.2, 0) is 11.2 Å². The standard InChI is InChI=1S/C16H17N3O3/c1-11(19-10-8-13(17-19)16(21)22)15(20)18-9-4-6-12-5-2-3-7-14(12)18/h2-3,5,7-8,10-11H,4,6,9H2,1H3,(H,21,22). The number of carbonyl (C=O) groups excluding carboxylic acids is 1. The van der Waals surface area contributed by atoms with E-state index in [-0.39, 0.29) is 11.6 Å². The van der Waals surface area contributed by atoms with E-state index in [1.54, 1.807) is 11.8 Å². The van der Waals surface area contributed by atoms with Crippen molar-refractivity contribution >= 4 is 17.6 Å². The maximum atomic E-state index is 12.8. The number of aromatic carboxylic acids is 1. The van der Waals surface area contributed by atoms with Gasteiger partial charge in [0, 0.05) is 18.4 Å². The molecule has 1 N–H and O–H groups in total. The number of fused-ring (bicyclic) bond motifs is 1. The summed E-state index contributed by atoms with van der Waals surface area (Å²) in [6, 6.07) is 8.74. The minimum Gasteiger partial charge on any atom is -0.476 e. The summed E-state index contributed by atoms with van der Waals surface area (Å²) in [4.78, 5) is 25.4. The lowest BCUT2D eigenvalue weighted by Crippen LogP contribution is -2.39. The van der Waals surface area contributed by atoms with E-state index in [9.17, 15) is 9.59 Å². The molecule has 1 aliphatic heterocycles. The van der Waals surface area contributed by atoms with E-state index in [1.807, 2.05) is 24.3 Å². The normalized spacial score (nSPS) is 15.2. The van der Waals surface area contributed by atoms with Crippen molar-refractivity contribution in [1.29, 1.82) is 0 Å². The minimum atomic E-state index is -1.10. The Bertz CT molecular complexity index is 723. The Hall–Kier alpha value is -2.63. The first-order valence-corrected chi connectivity index (χ1v) is 7.25. The summed E-state index contributed by atoms with van der Waals surface area (Å²) in [6.07, 6.45) is 3.43. The minimum absolute atomic E-state index is 0.0568. The van der Waals surface area contributed by atoms with Crippen LogP contribution in [0, 0.1) is 0 Å². The van der Waals surface area contributed by atoms with E-state index in [4.69, 9.17) is 5.11 Å². The lowest BCUT2D eigenvalue weighted by atomic mass is 10.0. The molecular formula is C16H17N3O3. The van der Waals surface area contributed by atoms with E-state index >= 15 is 0 Å². The topological polar surface area (TPSA) is 75.4 Å². The van der Waals surface area contributed by atoms with Crippen molar-refractivity contribution in [1.82, 2.24) is 9.78 Å². The predicted molar refractivity (Wildman–Crippen MR) is 81.0 cm³/mol. The first-order valence-electron chi connectivity index (χ1n) is 7.25. The maximum absolute atomic E-state index is 12.8. The van der Waals surface area contributed by atoms with E-state index in [0.717, 1.165) is 18.5 Å². The monoisotopic (exact) mass is 299 g/mol. The molecule has 6 nitrogen and oxygen atoms in total. The van der Waals surface area contributed by atoms with Crippen LogP contribution in [0.15, 0.2) is 36.5 Å². The Kier molecular flexibility index (Phi) is 3.66. The molecule has 1 aromatic heterocycles. The van der Waals surface area contributed by atoms with Crippen LogP contribution in [0.25, 0.3) is 0 Å². The highest BCUT2D eigenvalue weighted by atomic mass is 16.4. The number of carboxylic acid groups (broad SMARTS) is 1. The third kappa shape index (κ3) is 2.47. The third-order valence-electron chi connectivity index (χ3n) is 3.96. The van der Waals surface area contributed by atoms with Crippen molar-refractivity contribution in [2.45, 2.75) is 25.8 Å². The average Bonchev–Trinajstić information content (AvgIpc) is 3.03. The van der Waals surface area contributed by atoms with Crippen molar-refractivity contribution in [2.75, 3.05) is 11.4 Å². The van der Waals surface area contributed by atoms with Crippen LogP contribution in [-0.4, -0.2) is 33.3 Å². The molecular weight excluding hydrogens is 282 g/mol. The smallest absolute Gasteiger partial charge is 0.356 e. The van der Waals surface area contributed by atoms with Gasteiger partial charge in [-0.1, -0.05) is 18.2 Å². The highest BCUT2D eigenvalue weighted by Gasteiger charge is 2.27. The Morgan fingerprint density at radius 3 is 2.77 bits per heavy atom. The molecule has 2 aromatic rings. The van der Waals surface area contributed by atoms with Gasteiger partial charge in [0.2, 0.25) is 0 Å². The van der Waals surface area contributed by atoms with Crippen molar-refractivity contribution < 1.29 is 14.7 Å². The lowest BCUT2D eigenvalue weighted by Gasteiger charge is -2.31. The van der Waals surface area contributed by atoms with Gasteiger partial charge in [-0.05, 0) is 37.5 Å². The van der Waals surface area contributed by atoms with Gasteiger partial charge in [-0.25, -0.2) is 4.79 Å². The number of carbonyl (C=O) groups is 2. The molecule has 114 valence electrons. The van der Waals surface area contributed by atoms with Crippen LogP contribution >= 0.6 is 0 Å². The van der Waals surface area contributed by atoms with Crippen molar-refractivity contribution in [3.8, 4) is 0 Å².